The zero-order valence-corrected chi connectivity index (χ0v) is 15.3. The van der Waals surface area contributed by atoms with Crippen LogP contribution in [-0.4, -0.2) is 47.7 Å². The van der Waals surface area contributed by atoms with E-state index in [1.165, 1.54) is 0 Å². The normalized spacial score (nSPS) is 28.3. The summed E-state index contributed by atoms with van der Waals surface area (Å²) in [7, 11) is 0. The van der Waals surface area contributed by atoms with Crippen LogP contribution in [0.3, 0.4) is 0 Å². The highest BCUT2D eigenvalue weighted by Crippen LogP contribution is 2.33. The van der Waals surface area contributed by atoms with Gasteiger partial charge < -0.3 is 29.2 Å². The molecule has 2 aromatic carbocycles. The third-order valence-electron chi connectivity index (χ3n) is 4.87. The van der Waals surface area contributed by atoms with Crippen LogP contribution in [0, 0.1) is 0 Å². The molecular formula is C21H24O6. The van der Waals surface area contributed by atoms with Gasteiger partial charge in [-0.1, -0.05) is 24.3 Å². The highest BCUT2D eigenvalue weighted by molar-refractivity contribution is 5.39. The molecule has 0 radical (unpaired) electrons. The predicted octanol–water partition coefficient (Wildman–Crippen LogP) is 2.42. The van der Waals surface area contributed by atoms with Crippen LogP contribution in [0.2, 0.25) is 0 Å². The number of aliphatic hydroxyl groups is 2. The topological polar surface area (TPSA) is 84.0 Å². The lowest BCUT2D eigenvalue weighted by Crippen LogP contribution is -2.23. The average Bonchev–Trinajstić information content (AvgIpc) is 3.57. The molecule has 4 rings (SSSR count). The van der Waals surface area contributed by atoms with Crippen molar-refractivity contribution in [3.8, 4) is 11.5 Å². The van der Waals surface area contributed by atoms with Crippen molar-refractivity contribution in [2.45, 2.75) is 50.7 Å². The Morgan fingerprint density at radius 3 is 1.48 bits per heavy atom. The molecule has 2 aromatic rings. The van der Waals surface area contributed by atoms with Crippen LogP contribution >= 0.6 is 0 Å². The van der Waals surface area contributed by atoms with E-state index in [1.54, 1.807) is 0 Å². The van der Waals surface area contributed by atoms with Gasteiger partial charge in [0.2, 0.25) is 12.6 Å². The maximum Gasteiger partial charge on any atom is 0.226 e. The van der Waals surface area contributed by atoms with E-state index in [0.717, 1.165) is 11.1 Å². The third-order valence-corrected chi connectivity index (χ3v) is 4.87. The van der Waals surface area contributed by atoms with Gasteiger partial charge in [-0.2, -0.15) is 0 Å². The van der Waals surface area contributed by atoms with Gasteiger partial charge in [-0.15, -0.1) is 0 Å². The monoisotopic (exact) mass is 372 g/mol. The van der Waals surface area contributed by atoms with Gasteiger partial charge in [0.05, 0.1) is 12.7 Å². The van der Waals surface area contributed by atoms with Crippen molar-refractivity contribution in [1.82, 2.24) is 0 Å². The summed E-state index contributed by atoms with van der Waals surface area (Å²) in [6.07, 6.45) is -1.03. The van der Waals surface area contributed by atoms with Crippen molar-refractivity contribution in [1.29, 1.82) is 0 Å². The molecule has 2 fully saturated rings. The quantitative estimate of drug-likeness (QED) is 0.693. The maximum atomic E-state index is 10.4. The van der Waals surface area contributed by atoms with Gasteiger partial charge in [0, 0.05) is 5.92 Å². The maximum absolute atomic E-state index is 10.4. The Kier molecular flexibility index (Phi) is 5.06. The second-order valence-corrected chi connectivity index (χ2v) is 7.02. The van der Waals surface area contributed by atoms with Gasteiger partial charge in [0.1, 0.15) is 23.7 Å². The first-order valence-electron chi connectivity index (χ1n) is 9.18. The fourth-order valence-corrected chi connectivity index (χ4v) is 3.10. The first-order chi connectivity index (χ1) is 13.0. The molecule has 0 bridgehead atoms. The Bertz CT molecular complexity index is 698. The van der Waals surface area contributed by atoms with Crippen molar-refractivity contribution >= 4 is 0 Å². The summed E-state index contributed by atoms with van der Waals surface area (Å²) in [5.41, 5.74) is 1.78. The third kappa shape index (κ3) is 4.25. The fourth-order valence-electron chi connectivity index (χ4n) is 3.10. The molecule has 6 nitrogen and oxygen atoms in total. The van der Waals surface area contributed by atoms with E-state index in [1.807, 2.05) is 62.4 Å². The summed E-state index contributed by atoms with van der Waals surface area (Å²) < 4.78 is 21.9. The molecule has 2 N–H and O–H groups in total. The van der Waals surface area contributed by atoms with Crippen molar-refractivity contribution < 1.29 is 29.2 Å². The minimum Gasteiger partial charge on any atom is -0.462 e. The number of aliphatic hydroxyl groups excluding tert-OH is 2. The summed E-state index contributed by atoms with van der Waals surface area (Å²) in [6, 6.07) is 15.0. The summed E-state index contributed by atoms with van der Waals surface area (Å²) in [5, 5.41) is 19.9. The summed E-state index contributed by atoms with van der Waals surface area (Å²) in [5.74, 6) is 1.07. The number of hydrogen-bond acceptors (Lipinski definition) is 6. The highest BCUT2D eigenvalue weighted by Gasteiger charge is 2.37. The smallest absolute Gasteiger partial charge is 0.226 e. The van der Waals surface area contributed by atoms with Gasteiger partial charge in [-0.3, -0.25) is 0 Å². The molecule has 0 aliphatic carbocycles. The van der Waals surface area contributed by atoms with E-state index < -0.39 is 6.10 Å². The van der Waals surface area contributed by atoms with Crippen molar-refractivity contribution in [2.24, 2.45) is 0 Å². The zero-order valence-electron chi connectivity index (χ0n) is 15.3. The SMILES string of the molecule is CC1OC1Oc1ccc(C(c2ccc(OC3OC3C)cc2)C(O)CO)cc1. The predicted molar refractivity (Wildman–Crippen MR) is 97.7 cm³/mol. The Morgan fingerprint density at radius 2 is 1.19 bits per heavy atom. The minimum atomic E-state index is -0.915. The van der Waals surface area contributed by atoms with E-state index in [0.29, 0.717) is 11.5 Å². The molecular weight excluding hydrogens is 348 g/mol. The second-order valence-electron chi connectivity index (χ2n) is 7.02. The molecule has 27 heavy (non-hydrogen) atoms. The summed E-state index contributed by atoms with van der Waals surface area (Å²) in [6.45, 7) is 3.58. The van der Waals surface area contributed by atoms with Gasteiger partial charge in [0.15, 0.2) is 0 Å². The van der Waals surface area contributed by atoms with Crippen molar-refractivity contribution in [3.05, 3.63) is 59.7 Å². The van der Waals surface area contributed by atoms with Crippen molar-refractivity contribution in [2.75, 3.05) is 6.61 Å². The summed E-state index contributed by atoms with van der Waals surface area (Å²) in [4.78, 5) is 0. The van der Waals surface area contributed by atoms with E-state index >= 15 is 0 Å². The first-order valence-corrected chi connectivity index (χ1v) is 9.18. The van der Waals surface area contributed by atoms with E-state index in [2.05, 4.69) is 0 Å². The van der Waals surface area contributed by atoms with Crippen LogP contribution in [-0.2, 0) is 9.47 Å². The van der Waals surface area contributed by atoms with Gasteiger partial charge >= 0.3 is 0 Å². The first kappa shape index (κ1) is 18.3. The Morgan fingerprint density at radius 1 is 0.815 bits per heavy atom. The lowest BCUT2D eigenvalue weighted by molar-refractivity contribution is 0.0822. The summed E-state index contributed by atoms with van der Waals surface area (Å²) >= 11 is 0. The highest BCUT2D eigenvalue weighted by atomic mass is 16.8. The molecule has 2 saturated heterocycles. The zero-order chi connectivity index (χ0) is 19.0. The Hall–Kier alpha value is -2.12. The largest absolute Gasteiger partial charge is 0.462 e. The Labute approximate surface area is 158 Å². The molecule has 6 heteroatoms. The van der Waals surface area contributed by atoms with Crippen LogP contribution < -0.4 is 9.47 Å². The molecule has 0 amide bonds. The molecule has 0 aromatic heterocycles. The van der Waals surface area contributed by atoms with Crippen LogP contribution in [0.5, 0.6) is 11.5 Å². The number of benzene rings is 2. The fraction of sp³-hybridized carbons (Fsp3) is 0.429. The second kappa shape index (κ2) is 7.48. The molecule has 0 saturated carbocycles. The van der Waals surface area contributed by atoms with Gasteiger partial charge in [0.25, 0.3) is 0 Å². The number of epoxide rings is 2. The minimum absolute atomic E-state index is 0.124. The van der Waals surface area contributed by atoms with Crippen LogP contribution in [0.25, 0.3) is 0 Å². The Balaban J connectivity index is 1.50. The number of hydrogen-bond donors (Lipinski definition) is 2. The molecule has 2 aliphatic heterocycles. The number of ether oxygens (including phenoxy) is 4. The lowest BCUT2D eigenvalue weighted by atomic mass is 9.87. The number of rotatable bonds is 8. The van der Waals surface area contributed by atoms with E-state index in [-0.39, 0.29) is 37.3 Å². The standard InChI is InChI=1S/C21H24O6/c1-12-20(24-12)26-16-7-3-14(4-8-16)19(18(23)11-22)15-5-9-17(10-6-15)27-21-13(2)25-21/h3-10,12-13,18-23H,11H2,1-2H3. The van der Waals surface area contributed by atoms with Crippen LogP contribution in [0.4, 0.5) is 0 Å². The average molecular weight is 372 g/mol. The lowest BCUT2D eigenvalue weighted by Gasteiger charge is -2.23. The van der Waals surface area contributed by atoms with E-state index in [9.17, 15) is 10.2 Å². The van der Waals surface area contributed by atoms with Crippen molar-refractivity contribution in [3.63, 3.8) is 0 Å². The van der Waals surface area contributed by atoms with Crippen LogP contribution in [0.1, 0.15) is 30.9 Å². The molecule has 0 spiro atoms. The van der Waals surface area contributed by atoms with Gasteiger partial charge in [-0.25, -0.2) is 0 Å². The molecule has 2 aliphatic rings. The molecule has 2 heterocycles. The molecule has 5 atom stereocenters. The molecule has 5 unspecified atom stereocenters. The van der Waals surface area contributed by atoms with Crippen LogP contribution in [0.15, 0.2) is 48.5 Å². The van der Waals surface area contributed by atoms with Gasteiger partial charge in [-0.05, 0) is 49.2 Å². The molecule has 144 valence electrons. The van der Waals surface area contributed by atoms with E-state index in [4.69, 9.17) is 18.9 Å².